The van der Waals surface area contributed by atoms with Crippen molar-refractivity contribution >= 4 is 113 Å². The zero-order chi connectivity index (χ0) is 42.3. The number of nitrogens with zero attached hydrogens (tertiary/aromatic N) is 5. The number of nitrogens with one attached hydrogen (secondary N) is 2. The van der Waals surface area contributed by atoms with Crippen LogP contribution in [0.4, 0.5) is 40.3 Å². The Hall–Kier alpha value is -2.21. The van der Waals surface area contributed by atoms with Gasteiger partial charge < -0.3 is 30.6 Å². The normalized spacial score (nSPS) is 12.3. The molecule has 0 aliphatic rings. The topological polar surface area (TPSA) is 403 Å². The van der Waals surface area contributed by atoms with Crippen LogP contribution in [0.5, 0.6) is 5.75 Å². The van der Waals surface area contributed by atoms with Crippen molar-refractivity contribution in [1.29, 1.82) is 0 Å². The van der Waals surface area contributed by atoms with Gasteiger partial charge in [0, 0.05) is 11.1 Å². The van der Waals surface area contributed by atoms with Gasteiger partial charge >= 0.3 is 99.1 Å². The van der Waals surface area contributed by atoms with E-state index in [-0.39, 0.29) is 105 Å². The zero-order valence-corrected chi connectivity index (χ0v) is 41.4. The molecule has 0 aliphatic heterocycles. The Morgan fingerprint density at radius 2 is 1.33 bits per heavy atom. The summed E-state index contributed by atoms with van der Waals surface area (Å²) in [4.78, 5) is 8.09. The zero-order valence-electron chi connectivity index (χ0n) is 30.5. The second-order valence-corrected chi connectivity index (χ2v) is 18.6. The van der Waals surface area contributed by atoms with E-state index in [2.05, 4.69) is 40.0 Å². The molecule has 0 saturated carbocycles. The first-order valence-corrected chi connectivity index (χ1v) is 22.3. The molecule has 5 rings (SSSR count). The molecule has 4 aromatic carbocycles. The van der Waals surface area contributed by atoms with Crippen molar-refractivity contribution in [3.8, 4) is 5.75 Å². The summed E-state index contributed by atoms with van der Waals surface area (Å²) in [5.41, 5.74) is 3.22. The molecule has 0 saturated heterocycles. The molecule has 0 atom stereocenters. The summed E-state index contributed by atoms with van der Waals surface area (Å²) in [6, 6.07) is 9.59. The number of nitrogens with two attached hydrogens (primary N) is 1. The van der Waals surface area contributed by atoms with Gasteiger partial charge in [-0.05, 0) is 71.6 Å². The molecule has 0 radical (unpaired) electrons. The second-order valence-electron chi connectivity index (χ2n) is 11.0. The van der Waals surface area contributed by atoms with Gasteiger partial charge in [-0.3, -0.25) is 9.11 Å². The minimum atomic E-state index is -5.54. The van der Waals surface area contributed by atoms with Gasteiger partial charge in [0.1, 0.15) is 25.1 Å². The van der Waals surface area contributed by atoms with E-state index < -0.39 is 128 Å². The third kappa shape index (κ3) is 13.6. The van der Waals surface area contributed by atoms with Crippen LogP contribution in [0.1, 0.15) is 0 Å². The van der Waals surface area contributed by atoms with Gasteiger partial charge in [0.15, 0.2) is 9.84 Å². The van der Waals surface area contributed by atoms with Crippen LogP contribution in [0.3, 0.4) is 0 Å². The van der Waals surface area contributed by atoms with E-state index in [9.17, 15) is 60.9 Å². The van der Waals surface area contributed by atoms with Crippen molar-refractivity contribution in [3.63, 3.8) is 0 Å². The van der Waals surface area contributed by atoms with Crippen LogP contribution < -0.4 is 110 Å². The minimum Gasteiger partial charge on any atom is -0.870 e. The van der Waals surface area contributed by atoms with Crippen molar-refractivity contribution in [3.05, 3.63) is 65.9 Å². The van der Waals surface area contributed by atoms with Crippen molar-refractivity contribution in [2.75, 3.05) is 28.7 Å². The standard InChI is InChI=1S/C27H23ClN8O16S5.3Na/c28-25-32-26(30-15-2-1-3-17(12-15)54(40,41)42)34-27(33-25)31-22-18(55(43,44)45)10-13-11-19(56(46,47)48)23(24(37)20(13)21(22)29)36-35-14-4-6-16(7-5-14)53(38,39)9-8-52-57(49,50)51;;;/h1-7,10-12,37H,8-9,29H2,(H,40,41,42)(H,43,44,45)(H,46,47,48)(H,49,50,51)(H2,30,31,32,33,34);;;/q;3*+1/p-3. The van der Waals surface area contributed by atoms with Crippen LogP contribution in [0.25, 0.3) is 10.8 Å². The smallest absolute Gasteiger partial charge is 0.870 e. The van der Waals surface area contributed by atoms with Crippen molar-refractivity contribution < 1.29 is 158 Å². The second kappa shape index (κ2) is 20.5. The Kier molecular flexibility index (Phi) is 18.5. The summed E-state index contributed by atoms with van der Waals surface area (Å²) in [6.45, 7) is -0.922. The molecular formula is C27H20ClN8Na3O16S5. The van der Waals surface area contributed by atoms with E-state index >= 15 is 0 Å². The number of nitrogen functional groups attached to an aromatic ring is 1. The summed E-state index contributed by atoms with van der Waals surface area (Å²) in [5, 5.41) is 24.2. The van der Waals surface area contributed by atoms with Gasteiger partial charge in [-0.2, -0.15) is 36.9 Å². The predicted octanol–water partition coefficient (Wildman–Crippen LogP) is -7.10. The monoisotopic (exact) mass is 976 g/mol. The van der Waals surface area contributed by atoms with Gasteiger partial charge in [0.25, 0.3) is 10.1 Å². The number of anilines is 5. The Morgan fingerprint density at radius 1 is 0.750 bits per heavy atom. The minimum absolute atomic E-state index is 0. The van der Waals surface area contributed by atoms with Gasteiger partial charge in [-0.25, -0.2) is 29.4 Å². The molecule has 24 nitrogen and oxygen atoms in total. The molecule has 1 aromatic heterocycles. The molecule has 0 amide bonds. The summed E-state index contributed by atoms with van der Waals surface area (Å²) in [5.74, 6) is -3.31. The third-order valence-electron chi connectivity index (χ3n) is 7.14. The average Bonchev–Trinajstić information content (AvgIpc) is 3.07. The molecule has 304 valence electrons. The largest absolute Gasteiger partial charge is 1.00 e. The van der Waals surface area contributed by atoms with Crippen molar-refractivity contribution in [2.24, 2.45) is 10.2 Å². The Bertz CT molecular complexity index is 3060. The molecule has 0 bridgehead atoms. The first kappa shape index (κ1) is 53.9. The average molecular weight is 977 g/mol. The van der Waals surface area contributed by atoms with Crippen LogP contribution in [0.2, 0.25) is 5.28 Å². The van der Waals surface area contributed by atoms with Crippen LogP contribution in [0.15, 0.2) is 90.5 Å². The summed E-state index contributed by atoms with van der Waals surface area (Å²) in [6.07, 6.45) is 0. The maximum atomic E-state index is 13.8. The first-order valence-electron chi connectivity index (χ1n) is 14.6. The van der Waals surface area contributed by atoms with Gasteiger partial charge in [-0.1, -0.05) is 11.8 Å². The van der Waals surface area contributed by atoms with E-state index in [1.807, 2.05) is 0 Å². The summed E-state index contributed by atoms with van der Waals surface area (Å²) in [7, 11) is -24.9. The van der Waals surface area contributed by atoms with Crippen molar-refractivity contribution in [2.45, 2.75) is 19.6 Å². The summed E-state index contributed by atoms with van der Waals surface area (Å²) < 4.78 is 165. The number of aromatic nitrogens is 3. The molecule has 6 N–H and O–H groups in total. The fourth-order valence-corrected chi connectivity index (χ4v) is 8.25. The number of hydrogen-bond acceptors (Lipinski definition) is 22. The molecule has 0 unspecified atom stereocenters. The quantitative estimate of drug-likeness (QED) is 0.0299. The number of rotatable bonds is 14. The number of azo groups is 1. The molecular weight excluding hydrogens is 957 g/mol. The van der Waals surface area contributed by atoms with E-state index in [0.29, 0.717) is 12.1 Å². The fourth-order valence-electron chi connectivity index (χ4n) is 4.75. The third-order valence-corrected chi connectivity index (χ3v) is 12.0. The van der Waals surface area contributed by atoms with E-state index in [4.69, 9.17) is 21.9 Å². The molecule has 0 spiro atoms. The number of fused-ring (bicyclic) bond motifs is 1. The Morgan fingerprint density at radius 3 is 1.88 bits per heavy atom. The Balaban J connectivity index is 0.00000413. The van der Waals surface area contributed by atoms with Gasteiger partial charge in [0.2, 0.25) is 17.2 Å². The van der Waals surface area contributed by atoms with Crippen LogP contribution in [0, 0.1) is 0 Å². The van der Waals surface area contributed by atoms with Crippen molar-refractivity contribution in [1.82, 2.24) is 15.0 Å². The van der Waals surface area contributed by atoms with E-state index in [0.717, 1.165) is 36.4 Å². The maximum Gasteiger partial charge on any atom is 1.00 e. The number of hydrogen-bond donors (Lipinski definition) is 5. The van der Waals surface area contributed by atoms with Crippen LogP contribution >= 0.6 is 11.6 Å². The first-order chi connectivity index (χ1) is 26.2. The molecule has 33 heteroatoms. The summed E-state index contributed by atoms with van der Waals surface area (Å²) >= 11 is 5.99. The molecule has 1 heterocycles. The Labute approximate surface area is 411 Å². The SMILES string of the molecule is Nc1c(Nc2nc(Cl)nc(Nc3cccc(S(=O)(=O)[O-])c3)n2)c(S(=O)(=O)[O-])cc2cc(S(=O)(=O)O)c(N=Nc3ccc(S(=O)(=O)CCOS(=O)(=O)O)cc3)c([O-])c12.[Na+].[Na+].[Na+]. The molecule has 5 aromatic rings. The number of sulfone groups is 1. The number of halogens is 1. The van der Waals surface area contributed by atoms with E-state index in [1.165, 1.54) is 12.1 Å². The van der Waals surface area contributed by atoms with E-state index in [1.54, 1.807) is 0 Å². The fraction of sp³-hybridized carbons (Fsp3) is 0.0741. The maximum absolute atomic E-state index is 13.8. The van der Waals surface area contributed by atoms with Gasteiger partial charge in [-0.15, -0.1) is 5.11 Å². The molecule has 60 heavy (non-hydrogen) atoms. The van der Waals surface area contributed by atoms with Crippen LogP contribution in [-0.4, -0.2) is 87.6 Å². The molecule has 0 aliphatic carbocycles. The molecule has 0 fully saturated rings. The van der Waals surface area contributed by atoms with Gasteiger partial charge in [0.05, 0.1) is 49.8 Å². The number of benzene rings is 4. The van der Waals surface area contributed by atoms with Crippen LogP contribution in [-0.2, 0) is 54.8 Å². The predicted molar refractivity (Wildman–Crippen MR) is 192 cm³/mol.